The molecule has 1 saturated heterocycles. The Labute approximate surface area is 221 Å². The van der Waals surface area contributed by atoms with E-state index in [9.17, 15) is 9.59 Å². The zero-order valence-electron chi connectivity index (χ0n) is 20.3. The molecule has 3 N–H and O–H groups in total. The van der Waals surface area contributed by atoms with E-state index in [0.29, 0.717) is 42.3 Å². The summed E-state index contributed by atoms with van der Waals surface area (Å²) in [6.07, 6.45) is 1.99. The Morgan fingerprint density at radius 2 is 1.54 bits per heavy atom. The van der Waals surface area contributed by atoms with Crippen molar-refractivity contribution in [2.75, 3.05) is 31.7 Å². The largest absolute Gasteiger partial charge is 0.490 e. The maximum absolute atomic E-state index is 12.7. The van der Waals surface area contributed by atoms with Crippen molar-refractivity contribution in [3.8, 4) is 11.5 Å². The SMILES string of the molecule is O=C(NC(=S)Nc1ccccc1C(=O)NC[C@@H]1CCCO1)c1ccc(OCCOc2ccccc2)cc1. The molecule has 1 aliphatic rings. The molecule has 0 aliphatic carbocycles. The van der Waals surface area contributed by atoms with E-state index in [-0.39, 0.29) is 23.0 Å². The highest BCUT2D eigenvalue weighted by atomic mass is 32.1. The van der Waals surface area contributed by atoms with Crippen LogP contribution >= 0.6 is 12.2 Å². The second-order valence-corrected chi connectivity index (χ2v) is 8.74. The second kappa shape index (κ2) is 13.4. The average Bonchev–Trinajstić information content (AvgIpc) is 3.45. The molecule has 3 aromatic rings. The molecule has 1 fully saturated rings. The molecule has 0 unspecified atom stereocenters. The summed E-state index contributed by atoms with van der Waals surface area (Å²) in [5, 5.41) is 8.58. The van der Waals surface area contributed by atoms with Crippen molar-refractivity contribution in [2.45, 2.75) is 18.9 Å². The van der Waals surface area contributed by atoms with Gasteiger partial charge in [0, 0.05) is 18.7 Å². The van der Waals surface area contributed by atoms with Gasteiger partial charge in [-0.2, -0.15) is 0 Å². The van der Waals surface area contributed by atoms with Gasteiger partial charge in [-0.3, -0.25) is 14.9 Å². The standard InChI is InChI=1S/C28H29N3O5S/c32-26(20-12-14-22(15-13-20)36-18-17-35-21-7-2-1-3-8-21)31-28(37)30-25-11-5-4-10-24(25)27(33)29-19-23-9-6-16-34-23/h1-5,7-8,10-15,23H,6,9,16-19H2,(H,29,33)(H2,30,31,32,37)/t23-/m0/s1. The maximum Gasteiger partial charge on any atom is 0.257 e. The van der Waals surface area contributed by atoms with Crippen LogP contribution in [-0.2, 0) is 4.74 Å². The lowest BCUT2D eigenvalue weighted by atomic mass is 10.1. The molecule has 0 aromatic heterocycles. The van der Waals surface area contributed by atoms with Crippen LogP contribution in [0.5, 0.6) is 11.5 Å². The predicted molar refractivity (Wildman–Crippen MR) is 145 cm³/mol. The zero-order chi connectivity index (χ0) is 25.9. The quantitative estimate of drug-likeness (QED) is 0.273. The summed E-state index contributed by atoms with van der Waals surface area (Å²) in [5.74, 6) is 0.788. The molecule has 0 bridgehead atoms. The van der Waals surface area contributed by atoms with Crippen LogP contribution in [0, 0.1) is 0 Å². The lowest BCUT2D eigenvalue weighted by molar-refractivity contribution is 0.0858. The van der Waals surface area contributed by atoms with E-state index >= 15 is 0 Å². The van der Waals surface area contributed by atoms with Crippen LogP contribution in [0.25, 0.3) is 0 Å². The van der Waals surface area contributed by atoms with Crippen molar-refractivity contribution in [2.24, 2.45) is 0 Å². The third-order valence-electron chi connectivity index (χ3n) is 5.64. The fourth-order valence-corrected chi connectivity index (χ4v) is 3.97. The summed E-state index contributed by atoms with van der Waals surface area (Å²) in [5.41, 5.74) is 1.34. The number of para-hydroxylation sites is 2. The zero-order valence-corrected chi connectivity index (χ0v) is 21.1. The van der Waals surface area contributed by atoms with Gasteiger partial charge >= 0.3 is 0 Å². The third kappa shape index (κ3) is 8.03. The molecule has 192 valence electrons. The molecule has 2 amide bonds. The van der Waals surface area contributed by atoms with Gasteiger partial charge in [-0.05, 0) is 73.6 Å². The van der Waals surface area contributed by atoms with Gasteiger partial charge in [0.2, 0.25) is 0 Å². The summed E-state index contributed by atoms with van der Waals surface area (Å²) in [6, 6.07) is 23.2. The van der Waals surface area contributed by atoms with Gasteiger partial charge in [-0.15, -0.1) is 0 Å². The van der Waals surface area contributed by atoms with Crippen LogP contribution in [0.4, 0.5) is 5.69 Å². The number of hydrogen-bond acceptors (Lipinski definition) is 6. The first kappa shape index (κ1) is 26.1. The lowest BCUT2D eigenvalue weighted by Crippen LogP contribution is -2.35. The van der Waals surface area contributed by atoms with Crippen molar-refractivity contribution in [1.29, 1.82) is 0 Å². The Morgan fingerprint density at radius 1 is 0.865 bits per heavy atom. The molecule has 0 spiro atoms. The van der Waals surface area contributed by atoms with E-state index in [2.05, 4.69) is 16.0 Å². The number of nitrogens with one attached hydrogen (secondary N) is 3. The Balaban J connectivity index is 1.24. The van der Waals surface area contributed by atoms with E-state index in [1.165, 1.54) is 0 Å². The number of ether oxygens (including phenoxy) is 3. The molecule has 9 heteroatoms. The van der Waals surface area contributed by atoms with Gasteiger partial charge in [0.1, 0.15) is 24.7 Å². The first-order chi connectivity index (χ1) is 18.1. The summed E-state index contributed by atoms with van der Waals surface area (Å²) in [4.78, 5) is 25.3. The number of rotatable bonds is 10. The third-order valence-corrected chi connectivity index (χ3v) is 5.85. The molecule has 3 aromatic carbocycles. The summed E-state index contributed by atoms with van der Waals surface area (Å²) in [7, 11) is 0. The molecule has 8 nitrogen and oxygen atoms in total. The number of thiocarbonyl (C=S) groups is 1. The highest BCUT2D eigenvalue weighted by Crippen LogP contribution is 2.17. The van der Waals surface area contributed by atoms with E-state index in [1.54, 1.807) is 48.5 Å². The predicted octanol–water partition coefficient (Wildman–Crippen LogP) is 4.18. The fraction of sp³-hybridized carbons (Fsp3) is 0.250. The summed E-state index contributed by atoms with van der Waals surface area (Å²) >= 11 is 5.31. The van der Waals surface area contributed by atoms with Gasteiger partial charge in [0.05, 0.1) is 17.4 Å². The molecular weight excluding hydrogens is 490 g/mol. The Bertz CT molecular complexity index is 1200. The Morgan fingerprint density at radius 3 is 2.24 bits per heavy atom. The molecule has 1 atom stereocenters. The van der Waals surface area contributed by atoms with Gasteiger partial charge in [0.15, 0.2) is 5.11 Å². The number of carbonyl (C=O) groups excluding carboxylic acids is 2. The molecule has 1 aliphatic heterocycles. The number of carbonyl (C=O) groups is 2. The number of amides is 2. The van der Waals surface area contributed by atoms with Gasteiger partial charge in [0.25, 0.3) is 11.8 Å². The van der Waals surface area contributed by atoms with Crippen molar-refractivity contribution in [3.63, 3.8) is 0 Å². The smallest absolute Gasteiger partial charge is 0.257 e. The van der Waals surface area contributed by atoms with Crippen LogP contribution in [0.1, 0.15) is 33.6 Å². The fourth-order valence-electron chi connectivity index (χ4n) is 3.76. The minimum absolute atomic E-state index is 0.0452. The van der Waals surface area contributed by atoms with Crippen LogP contribution in [0.2, 0.25) is 0 Å². The van der Waals surface area contributed by atoms with Gasteiger partial charge < -0.3 is 24.8 Å². The first-order valence-corrected chi connectivity index (χ1v) is 12.5. The Hall–Kier alpha value is -3.95. The monoisotopic (exact) mass is 519 g/mol. The second-order valence-electron chi connectivity index (χ2n) is 8.33. The van der Waals surface area contributed by atoms with Crippen LogP contribution in [-0.4, -0.2) is 49.4 Å². The first-order valence-electron chi connectivity index (χ1n) is 12.1. The van der Waals surface area contributed by atoms with E-state index < -0.39 is 0 Å². The molecule has 37 heavy (non-hydrogen) atoms. The highest BCUT2D eigenvalue weighted by Gasteiger charge is 2.18. The lowest BCUT2D eigenvalue weighted by Gasteiger charge is -2.15. The summed E-state index contributed by atoms with van der Waals surface area (Å²) < 4.78 is 16.8. The van der Waals surface area contributed by atoms with Crippen LogP contribution in [0.15, 0.2) is 78.9 Å². The molecule has 0 radical (unpaired) electrons. The summed E-state index contributed by atoms with van der Waals surface area (Å²) in [6.45, 7) is 1.95. The van der Waals surface area contributed by atoms with Crippen molar-refractivity contribution < 1.29 is 23.8 Å². The van der Waals surface area contributed by atoms with E-state index in [4.69, 9.17) is 26.4 Å². The minimum atomic E-state index is -0.378. The highest BCUT2D eigenvalue weighted by molar-refractivity contribution is 7.80. The molecule has 0 saturated carbocycles. The van der Waals surface area contributed by atoms with Crippen LogP contribution in [0.3, 0.4) is 0 Å². The van der Waals surface area contributed by atoms with E-state index in [0.717, 1.165) is 25.2 Å². The van der Waals surface area contributed by atoms with Gasteiger partial charge in [-0.1, -0.05) is 30.3 Å². The Kier molecular flexibility index (Phi) is 9.45. The number of benzene rings is 3. The minimum Gasteiger partial charge on any atom is -0.490 e. The van der Waals surface area contributed by atoms with Crippen molar-refractivity contribution in [1.82, 2.24) is 10.6 Å². The van der Waals surface area contributed by atoms with Crippen molar-refractivity contribution >= 4 is 34.8 Å². The normalized spacial score (nSPS) is 14.4. The molecule has 1 heterocycles. The number of anilines is 1. The average molecular weight is 520 g/mol. The van der Waals surface area contributed by atoms with Crippen LogP contribution < -0.4 is 25.4 Å². The topological polar surface area (TPSA) is 97.9 Å². The van der Waals surface area contributed by atoms with Gasteiger partial charge in [-0.25, -0.2) is 0 Å². The van der Waals surface area contributed by atoms with Crippen molar-refractivity contribution in [3.05, 3.63) is 90.0 Å². The maximum atomic E-state index is 12.7. The molecular formula is C28H29N3O5S. The van der Waals surface area contributed by atoms with E-state index in [1.807, 2.05) is 30.3 Å². The number of hydrogen-bond donors (Lipinski definition) is 3. The molecule has 4 rings (SSSR count).